The third-order valence-electron chi connectivity index (χ3n) is 2.97. The first-order chi connectivity index (χ1) is 10.2. The number of aryl methyl sites for hydroxylation is 1. The van der Waals surface area contributed by atoms with E-state index in [4.69, 9.17) is 0 Å². The highest BCUT2D eigenvalue weighted by Gasteiger charge is 2.30. The molecule has 1 N–H and O–H groups in total. The zero-order valence-electron chi connectivity index (χ0n) is 11.3. The standard InChI is InChI=1S/C15H10F4INO/c1-8-5-6-11(12(16)13(8)20)14(22)21-10-4-2-3-9(7-10)15(17,18)19/h2-7H,1H3,(H,21,22). The molecule has 0 aliphatic heterocycles. The average molecular weight is 423 g/mol. The molecular formula is C15H10F4INO. The van der Waals surface area contributed by atoms with Gasteiger partial charge in [-0.3, -0.25) is 4.79 Å². The van der Waals surface area contributed by atoms with Crippen molar-refractivity contribution in [1.29, 1.82) is 0 Å². The zero-order chi connectivity index (χ0) is 16.5. The van der Waals surface area contributed by atoms with Gasteiger partial charge in [-0.15, -0.1) is 0 Å². The van der Waals surface area contributed by atoms with Crippen LogP contribution < -0.4 is 5.32 Å². The fourth-order valence-corrected chi connectivity index (χ4v) is 2.26. The average Bonchev–Trinajstić information content (AvgIpc) is 2.44. The molecule has 0 fully saturated rings. The summed E-state index contributed by atoms with van der Waals surface area (Å²) >= 11 is 1.77. The second kappa shape index (κ2) is 6.23. The van der Waals surface area contributed by atoms with Crippen LogP contribution in [-0.2, 0) is 6.18 Å². The normalized spacial score (nSPS) is 11.4. The predicted octanol–water partition coefficient (Wildman–Crippen LogP) is 5.01. The lowest BCUT2D eigenvalue weighted by atomic mass is 10.1. The molecule has 7 heteroatoms. The molecule has 116 valence electrons. The van der Waals surface area contributed by atoms with Crippen LogP contribution in [0.5, 0.6) is 0 Å². The Balaban J connectivity index is 2.28. The van der Waals surface area contributed by atoms with Crippen LogP contribution in [0.25, 0.3) is 0 Å². The van der Waals surface area contributed by atoms with Crippen molar-refractivity contribution >= 4 is 34.2 Å². The predicted molar refractivity (Wildman–Crippen MR) is 83.3 cm³/mol. The van der Waals surface area contributed by atoms with Crippen LogP contribution in [0, 0.1) is 16.3 Å². The molecule has 2 aromatic carbocycles. The van der Waals surface area contributed by atoms with Gasteiger partial charge in [0, 0.05) is 5.69 Å². The number of nitrogens with one attached hydrogen (secondary N) is 1. The fraction of sp³-hybridized carbons (Fsp3) is 0.133. The summed E-state index contributed by atoms with van der Waals surface area (Å²) in [5.74, 6) is -1.49. The van der Waals surface area contributed by atoms with E-state index in [0.717, 1.165) is 12.1 Å². The smallest absolute Gasteiger partial charge is 0.322 e. The summed E-state index contributed by atoms with van der Waals surface area (Å²) < 4.78 is 52.2. The van der Waals surface area contributed by atoms with Crippen molar-refractivity contribution in [2.45, 2.75) is 13.1 Å². The Morgan fingerprint density at radius 3 is 2.50 bits per heavy atom. The summed E-state index contributed by atoms with van der Waals surface area (Å²) in [4.78, 5) is 12.0. The van der Waals surface area contributed by atoms with Crippen molar-refractivity contribution in [2.75, 3.05) is 5.32 Å². The van der Waals surface area contributed by atoms with E-state index in [2.05, 4.69) is 5.32 Å². The van der Waals surface area contributed by atoms with E-state index in [0.29, 0.717) is 9.13 Å². The van der Waals surface area contributed by atoms with Crippen LogP contribution in [-0.4, -0.2) is 5.91 Å². The van der Waals surface area contributed by atoms with Crippen molar-refractivity contribution in [2.24, 2.45) is 0 Å². The molecule has 22 heavy (non-hydrogen) atoms. The van der Waals surface area contributed by atoms with Gasteiger partial charge in [0.2, 0.25) is 0 Å². The molecule has 0 radical (unpaired) electrons. The first kappa shape index (κ1) is 16.7. The highest BCUT2D eigenvalue weighted by molar-refractivity contribution is 14.1. The maximum Gasteiger partial charge on any atom is 0.416 e. The van der Waals surface area contributed by atoms with E-state index in [1.165, 1.54) is 18.2 Å². The second-order valence-electron chi connectivity index (χ2n) is 4.59. The molecule has 0 spiro atoms. The minimum atomic E-state index is -4.51. The molecule has 0 bridgehead atoms. The Morgan fingerprint density at radius 2 is 1.86 bits per heavy atom. The van der Waals surface area contributed by atoms with Crippen LogP contribution in [0.2, 0.25) is 0 Å². The molecule has 0 saturated heterocycles. The van der Waals surface area contributed by atoms with Gasteiger partial charge in [-0.25, -0.2) is 4.39 Å². The van der Waals surface area contributed by atoms with Gasteiger partial charge in [0.05, 0.1) is 14.7 Å². The number of benzene rings is 2. The van der Waals surface area contributed by atoms with E-state index in [9.17, 15) is 22.4 Å². The number of anilines is 1. The largest absolute Gasteiger partial charge is 0.416 e. The van der Waals surface area contributed by atoms with Crippen LogP contribution in [0.15, 0.2) is 36.4 Å². The van der Waals surface area contributed by atoms with E-state index >= 15 is 0 Å². The van der Waals surface area contributed by atoms with Gasteiger partial charge in [-0.2, -0.15) is 13.2 Å². The maximum atomic E-state index is 14.0. The van der Waals surface area contributed by atoms with Gasteiger partial charge in [0.15, 0.2) is 0 Å². The van der Waals surface area contributed by atoms with E-state index < -0.39 is 23.5 Å². The summed E-state index contributed by atoms with van der Waals surface area (Å²) in [5.41, 5.74) is -0.472. The Morgan fingerprint density at radius 1 is 1.18 bits per heavy atom. The molecule has 0 heterocycles. The van der Waals surface area contributed by atoms with Crippen LogP contribution in [0.3, 0.4) is 0 Å². The molecule has 0 saturated carbocycles. The highest BCUT2D eigenvalue weighted by Crippen LogP contribution is 2.31. The quantitative estimate of drug-likeness (QED) is 0.534. The molecular weight excluding hydrogens is 413 g/mol. The van der Waals surface area contributed by atoms with Crippen molar-refractivity contribution in [3.8, 4) is 0 Å². The highest BCUT2D eigenvalue weighted by atomic mass is 127. The van der Waals surface area contributed by atoms with Crippen LogP contribution in [0.1, 0.15) is 21.5 Å². The van der Waals surface area contributed by atoms with Gasteiger partial charge < -0.3 is 5.32 Å². The zero-order valence-corrected chi connectivity index (χ0v) is 13.4. The van der Waals surface area contributed by atoms with Crippen LogP contribution >= 0.6 is 22.6 Å². The Hall–Kier alpha value is -1.64. The molecule has 1 amide bonds. The molecule has 2 aromatic rings. The van der Waals surface area contributed by atoms with Crippen molar-refractivity contribution < 1.29 is 22.4 Å². The third kappa shape index (κ3) is 3.57. The maximum absolute atomic E-state index is 14.0. The van der Waals surface area contributed by atoms with Crippen molar-refractivity contribution in [1.82, 2.24) is 0 Å². The van der Waals surface area contributed by atoms with E-state index in [1.54, 1.807) is 35.6 Å². The third-order valence-corrected chi connectivity index (χ3v) is 4.29. The molecule has 0 aliphatic rings. The molecule has 0 unspecified atom stereocenters. The van der Waals surface area contributed by atoms with Gasteiger partial charge in [0.25, 0.3) is 5.91 Å². The van der Waals surface area contributed by atoms with Gasteiger partial charge in [-0.1, -0.05) is 12.1 Å². The number of hydrogen-bond acceptors (Lipinski definition) is 1. The van der Waals surface area contributed by atoms with Crippen molar-refractivity contribution in [3.63, 3.8) is 0 Å². The van der Waals surface area contributed by atoms with E-state index in [1.807, 2.05) is 0 Å². The van der Waals surface area contributed by atoms with Crippen molar-refractivity contribution in [3.05, 3.63) is 62.5 Å². The SMILES string of the molecule is Cc1ccc(C(=O)Nc2cccc(C(F)(F)F)c2)c(F)c1I. The molecule has 2 rings (SSSR count). The Kier molecular flexibility index (Phi) is 4.74. The Bertz CT molecular complexity index is 728. The number of rotatable bonds is 2. The summed E-state index contributed by atoms with van der Waals surface area (Å²) in [6.07, 6.45) is -4.51. The number of halogens is 5. The number of carbonyl (C=O) groups excluding carboxylic acids is 1. The number of hydrogen-bond donors (Lipinski definition) is 1. The minimum Gasteiger partial charge on any atom is -0.322 e. The fourth-order valence-electron chi connectivity index (χ4n) is 1.79. The topological polar surface area (TPSA) is 29.1 Å². The molecule has 0 aliphatic carbocycles. The molecule has 0 atom stereocenters. The summed E-state index contributed by atoms with van der Waals surface area (Å²) in [6.45, 7) is 1.69. The van der Waals surface area contributed by atoms with Gasteiger partial charge in [-0.05, 0) is 59.3 Å². The lowest BCUT2D eigenvalue weighted by Crippen LogP contribution is -2.15. The summed E-state index contributed by atoms with van der Waals surface area (Å²) in [7, 11) is 0. The van der Waals surface area contributed by atoms with Gasteiger partial charge >= 0.3 is 6.18 Å². The number of amides is 1. The molecule has 0 aromatic heterocycles. The lowest BCUT2D eigenvalue weighted by Gasteiger charge is -2.11. The molecule has 2 nitrogen and oxygen atoms in total. The Labute approximate surface area is 137 Å². The summed E-state index contributed by atoms with van der Waals surface area (Å²) in [5, 5.41) is 2.28. The minimum absolute atomic E-state index is 0.0465. The monoisotopic (exact) mass is 423 g/mol. The lowest BCUT2D eigenvalue weighted by molar-refractivity contribution is -0.137. The van der Waals surface area contributed by atoms with E-state index in [-0.39, 0.29) is 11.3 Å². The first-order valence-corrected chi connectivity index (χ1v) is 7.21. The number of carbonyl (C=O) groups is 1. The second-order valence-corrected chi connectivity index (χ2v) is 5.67. The van der Waals surface area contributed by atoms with Gasteiger partial charge in [0.1, 0.15) is 5.82 Å². The summed E-state index contributed by atoms with van der Waals surface area (Å²) in [6, 6.07) is 7.06. The first-order valence-electron chi connectivity index (χ1n) is 6.13. The number of alkyl halides is 3. The van der Waals surface area contributed by atoms with Crippen LogP contribution in [0.4, 0.5) is 23.2 Å².